The van der Waals surface area contributed by atoms with Crippen molar-refractivity contribution in [3.05, 3.63) is 42.0 Å². The summed E-state index contributed by atoms with van der Waals surface area (Å²) in [6.45, 7) is 4.60. The van der Waals surface area contributed by atoms with Crippen LogP contribution in [0.2, 0.25) is 0 Å². The highest BCUT2D eigenvalue weighted by Crippen LogP contribution is 2.20. The summed E-state index contributed by atoms with van der Waals surface area (Å²) in [5.41, 5.74) is 1.73. The molecule has 1 unspecified atom stereocenters. The van der Waals surface area contributed by atoms with E-state index in [9.17, 15) is 4.39 Å². The maximum atomic E-state index is 12.9. The average Bonchev–Trinajstić information content (AvgIpc) is 2.74. The molecule has 0 bridgehead atoms. The van der Waals surface area contributed by atoms with E-state index in [1.54, 1.807) is 19.2 Å². The lowest BCUT2D eigenvalue weighted by atomic mass is 10.3. The molecule has 1 aromatic heterocycles. The molecule has 1 N–H and O–H groups in total. The Morgan fingerprint density at radius 2 is 2.05 bits per heavy atom. The van der Waals surface area contributed by atoms with Gasteiger partial charge >= 0.3 is 0 Å². The minimum Gasteiger partial charge on any atom is -0.383 e. The Balaban J connectivity index is 2.22. The van der Waals surface area contributed by atoms with Gasteiger partial charge in [0.1, 0.15) is 5.82 Å². The van der Waals surface area contributed by atoms with Crippen LogP contribution in [0.4, 0.5) is 16.0 Å². The van der Waals surface area contributed by atoms with Crippen molar-refractivity contribution in [1.82, 2.24) is 9.55 Å². The minimum atomic E-state index is -0.252. The molecule has 0 aliphatic rings. The Labute approximate surface area is 112 Å². The summed E-state index contributed by atoms with van der Waals surface area (Å²) in [5, 5.41) is 3.19. The number of methoxy groups -OCH3 is 1. The lowest BCUT2D eigenvalue weighted by Gasteiger charge is -2.16. The number of hydrogen-bond acceptors (Lipinski definition) is 3. The zero-order chi connectivity index (χ0) is 13.8. The van der Waals surface area contributed by atoms with Crippen LogP contribution in [0, 0.1) is 12.7 Å². The summed E-state index contributed by atoms with van der Waals surface area (Å²) in [6, 6.07) is 6.38. The van der Waals surface area contributed by atoms with Crippen LogP contribution in [-0.2, 0) is 4.74 Å². The van der Waals surface area contributed by atoms with Gasteiger partial charge in [0.2, 0.25) is 5.95 Å². The molecule has 0 saturated carbocycles. The second-order valence-corrected chi connectivity index (χ2v) is 4.55. The fourth-order valence-electron chi connectivity index (χ4n) is 1.93. The van der Waals surface area contributed by atoms with E-state index in [0.717, 1.165) is 17.3 Å². The van der Waals surface area contributed by atoms with Crippen LogP contribution < -0.4 is 5.32 Å². The number of nitrogens with one attached hydrogen (secondary N) is 1. The number of nitrogens with zero attached hydrogens (tertiary/aromatic N) is 2. The van der Waals surface area contributed by atoms with Crippen molar-refractivity contribution < 1.29 is 9.13 Å². The molecule has 19 heavy (non-hydrogen) atoms. The number of anilines is 2. The van der Waals surface area contributed by atoms with Crippen molar-refractivity contribution in [3.63, 3.8) is 0 Å². The van der Waals surface area contributed by atoms with Crippen LogP contribution in [0.15, 0.2) is 30.5 Å². The smallest absolute Gasteiger partial charge is 0.207 e. The molecular formula is C14H18FN3O. The van der Waals surface area contributed by atoms with Crippen molar-refractivity contribution in [1.29, 1.82) is 0 Å². The van der Waals surface area contributed by atoms with Gasteiger partial charge in [-0.1, -0.05) is 0 Å². The Bertz CT molecular complexity index is 536. The van der Waals surface area contributed by atoms with Gasteiger partial charge in [-0.3, -0.25) is 0 Å². The first kappa shape index (κ1) is 13.5. The fourth-order valence-corrected chi connectivity index (χ4v) is 1.93. The molecule has 1 heterocycles. The second kappa shape index (κ2) is 5.84. The zero-order valence-electron chi connectivity index (χ0n) is 11.4. The Morgan fingerprint density at radius 3 is 2.68 bits per heavy atom. The molecule has 0 spiro atoms. The first-order chi connectivity index (χ1) is 9.10. The van der Waals surface area contributed by atoms with E-state index in [4.69, 9.17) is 4.74 Å². The van der Waals surface area contributed by atoms with Crippen LogP contribution in [-0.4, -0.2) is 23.3 Å². The molecule has 0 saturated heterocycles. The lowest BCUT2D eigenvalue weighted by Crippen LogP contribution is -2.12. The van der Waals surface area contributed by atoms with Crippen molar-refractivity contribution in [2.75, 3.05) is 19.0 Å². The average molecular weight is 263 g/mol. The van der Waals surface area contributed by atoms with E-state index in [2.05, 4.69) is 17.2 Å². The van der Waals surface area contributed by atoms with E-state index >= 15 is 0 Å². The van der Waals surface area contributed by atoms with E-state index in [-0.39, 0.29) is 11.9 Å². The molecule has 1 atom stereocenters. The highest BCUT2D eigenvalue weighted by atomic mass is 19.1. The number of ether oxygens (including phenoxy) is 1. The topological polar surface area (TPSA) is 39.1 Å². The molecule has 1 aromatic carbocycles. The highest BCUT2D eigenvalue weighted by Gasteiger charge is 2.11. The molecule has 2 aromatic rings. The van der Waals surface area contributed by atoms with E-state index < -0.39 is 0 Å². The summed E-state index contributed by atoms with van der Waals surface area (Å²) in [7, 11) is 1.67. The summed E-state index contributed by atoms with van der Waals surface area (Å²) in [4.78, 5) is 4.43. The molecule has 0 amide bonds. The van der Waals surface area contributed by atoms with Crippen molar-refractivity contribution in [2.45, 2.75) is 19.9 Å². The number of aromatic nitrogens is 2. The van der Waals surface area contributed by atoms with Crippen LogP contribution >= 0.6 is 0 Å². The first-order valence-electron chi connectivity index (χ1n) is 6.17. The summed E-state index contributed by atoms with van der Waals surface area (Å²) >= 11 is 0. The largest absolute Gasteiger partial charge is 0.383 e. The maximum Gasteiger partial charge on any atom is 0.207 e. The van der Waals surface area contributed by atoms with Crippen molar-refractivity contribution in [2.24, 2.45) is 0 Å². The molecule has 0 aliphatic carbocycles. The van der Waals surface area contributed by atoms with E-state index in [0.29, 0.717) is 6.61 Å². The van der Waals surface area contributed by atoms with Crippen LogP contribution in [0.1, 0.15) is 18.7 Å². The molecule has 0 aliphatic heterocycles. The van der Waals surface area contributed by atoms with Crippen LogP contribution in [0.25, 0.3) is 0 Å². The van der Waals surface area contributed by atoms with Crippen molar-refractivity contribution in [3.8, 4) is 0 Å². The number of rotatable bonds is 5. The highest BCUT2D eigenvalue weighted by molar-refractivity contribution is 5.53. The standard InChI is InChI=1S/C14H18FN3O/c1-10-8-18(11(2)9-19-3)14(16-10)17-13-6-4-12(15)5-7-13/h4-8,11H,9H2,1-3H3,(H,16,17). The van der Waals surface area contributed by atoms with E-state index in [1.807, 2.05) is 17.7 Å². The zero-order valence-corrected chi connectivity index (χ0v) is 11.4. The van der Waals surface area contributed by atoms with Gasteiger partial charge in [-0.2, -0.15) is 0 Å². The third kappa shape index (κ3) is 3.32. The monoisotopic (exact) mass is 263 g/mol. The SMILES string of the molecule is COCC(C)n1cc(C)nc1Nc1ccc(F)cc1. The number of imidazole rings is 1. The lowest BCUT2D eigenvalue weighted by molar-refractivity contribution is 0.163. The molecule has 5 heteroatoms. The number of halogens is 1. The molecule has 4 nitrogen and oxygen atoms in total. The van der Waals surface area contributed by atoms with E-state index in [1.165, 1.54) is 12.1 Å². The molecule has 102 valence electrons. The third-order valence-corrected chi connectivity index (χ3v) is 2.84. The van der Waals surface area contributed by atoms with Gasteiger partial charge in [0.25, 0.3) is 0 Å². The Morgan fingerprint density at radius 1 is 1.37 bits per heavy atom. The van der Waals surface area contributed by atoms with Gasteiger partial charge in [-0.25, -0.2) is 9.37 Å². The number of hydrogen-bond donors (Lipinski definition) is 1. The number of aryl methyl sites for hydroxylation is 1. The summed E-state index contributed by atoms with van der Waals surface area (Å²) < 4.78 is 20.1. The van der Waals surface area contributed by atoms with Gasteiger partial charge in [0, 0.05) is 19.0 Å². The van der Waals surface area contributed by atoms with Gasteiger partial charge in [0.15, 0.2) is 0 Å². The van der Waals surface area contributed by atoms with Gasteiger partial charge in [0.05, 0.1) is 18.3 Å². The minimum absolute atomic E-state index is 0.175. The van der Waals surface area contributed by atoms with Gasteiger partial charge in [-0.05, 0) is 38.1 Å². The third-order valence-electron chi connectivity index (χ3n) is 2.84. The maximum absolute atomic E-state index is 12.9. The predicted octanol–water partition coefficient (Wildman–Crippen LogP) is 3.28. The fraction of sp³-hybridized carbons (Fsp3) is 0.357. The number of benzene rings is 1. The molecule has 2 rings (SSSR count). The summed E-state index contributed by atoms with van der Waals surface area (Å²) in [6.07, 6.45) is 1.97. The van der Waals surface area contributed by atoms with Gasteiger partial charge < -0.3 is 14.6 Å². The van der Waals surface area contributed by atoms with Gasteiger partial charge in [-0.15, -0.1) is 0 Å². The normalized spacial score (nSPS) is 12.4. The predicted molar refractivity (Wildman–Crippen MR) is 73.2 cm³/mol. The Kier molecular flexibility index (Phi) is 4.16. The van der Waals surface area contributed by atoms with Crippen molar-refractivity contribution >= 4 is 11.6 Å². The molecule has 0 radical (unpaired) electrons. The van der Waals surface area contributed by atoms with Crippen LogP contribution in [0.5, 0.6) is 0 Å². The summed E-state index contributed by atoms with van der Waals surface area (Å²) in [5.74, 6) is 0.478. The Hall–Kier alpha value is -1.88. The molecule has 0 fully saturated rings. The quantitative estimate of drug-likeness (QED) is 0.899. The van der Waals surface area contributed by atoms with Crippen LogP contribution in [0.3, 0.4) is 0 Å². The molecular weight excluding hydrogens is 245 g/mol. The first-order valence-corrected chi connectivity index (χ1v) is 6.17. The second-order valence-electron chi connectivity index (χ2n) is 4.55.